The number of hydrogen-bond donors (Lipinski definition) is 1. The van der Waals surface area contributed by atoms with Gasteiger partial charge in [-0.05, 0) is 33.7 Å². The second-order valence-corrected chi connectivity index (χ2v) is 6.26. The summed E-state index contributed by atoms with van der Waals surface area (Å²) in [6.07, 6.45) is 1.51. The fourth-order valence-electron chi connectivity index (χ4n) is 3.31. The lowest BCUT2D eigenvalue weighted by Crippen LogP contribution is -2.64. The third kappa shape index (κ3) is 2.93. The molecule has 1 N–H and O–H groups in total. The zero-order chi connectivity index (χ0) is 14.0. The van der Waals surface area contributed by atoms with Gasteiger partial charge >= 0.3 is 5.97 Å². The molecule has 5 nitrogen and oxygen atoms in total. The van der Waals surface area contributed by atoms with Crippen LogP contribution in [0.4, 0.5) is 0 Å². The molecular formula is C14H27N3O2. The van der Waals surface area contributed by atoms with Crippen molar-refractivity contribution in [3.05, 3.63) is 0 Å². The standard InChI is InChI=1S/C14H27N3O2/c1-12(2)16-6-4-14(5-7-16,13(18)19)17-10-8-15(3)9-11-17/h12H,4-11H2,1-3H3,(H,18,19). The summed E-state index contributed by atoms with van der Waals surface area (Å²) in [4.78, 5) is 18.7. The lowest BCUT2D eigenvalue weighted by molar-refractivity contribution is -0.157. The number of piperidine rings is 1. The molecule has 0 aromatic heterocycles. The van der Waals surface area contributed by atoms with Crippen molar-refractivity contribution < 1.29 is 9.90 Å². The van der Waals surface area contributed by atoms with E-state index in [0.717, 1.165) is 52.1 Å². The lowest BCUT2D eigenvalue weighted by Gasteiger charge is -2.49. The van der Waals surface area contributed by atoms with Crippen molar-refractivity contribution in [2.24, 2.45) is 0 Å². The highest BCUT2D eigenvalue weighted by Gasteiger charge is 2.47. The Bertz CT molecular complexity index is 317. The molecule has 5 heteroatoms. The first-order valence-corrected chi connectivity index (χ1v) is 7.37. The van der Waals surface area contributed by atoms with Crippen molar-refractivity contribution in [1.82, 2.24) is 14.7 Å². The normalized spacial score (nSPS) is 26.7. The maximum Gasteiger partial charge on any atom is 0.324 e. The number of aliphatic carboxylic acids is 1. The average molecular weight is 269 g/mol. The molecular weight excluding hydrogens is 242 g/mol. The van der Waals surface area contributed by atoms with E-state index in [2.05, 4.69) is 35.6 Å². The Kier molecular flexibility index (Phi) is 4.48. The van der Waals surface area contributed by atoms with Crippen LogP contribution in [0.2, 0.25) is 0 Å². The van der Waals surface area contributed by atoms with Crippen LogP contribution in [0.25, 0.3) is 0 Å². The number of carboxylic acid groups (broad SMARTS) is 1. The van der Waals surface area contributed by atoms with Crippen LogP contribution in [0.3, 0.4) is 0 Å². The van der Waals surface area contributed by atoms with Crippen LogP contribution in [0.5, 0.6) is 0 Å². The summed E-state index contributed by atoms with van der Waals surface area (Å²) in [6.45, 7) is 9.88. The van der Waals surface area contributed by atoms with Crippen molar-refractivity contribution in [3.8, 4) is 0 Å². The summed E-state index contributed by atoms with van der Waals surface area (Å²) in [5.74, 6) is -0.625. The van der Waals surface area contributed by atoms with Gasteiger partial charge in [-0.25, -0.2) is 0 Å². The Morgan fingerprint density at radius 2 is 1.58 bits per heavy atom. The summed E-state index contributed by atoms with van der Waals surface area (Å²) in [5, 5.41) is 9.76. The SMILES string of the molecule is CC(C)N1CCC(C(=O)O)(N2CCN(C)CC2)CC1. The number of rotatable bonds is 3. The number of piperazine rings is 1. The maximum atomic E-state index is 11.9. The summed E-state index contributed by atoms with van der Waals surface area (Å²) >= 11 is 0. The van der Waals surface area contributed by atoms with Gasteiger partial charge in [0, 0.05) is 45.3 Å². The Morgan fingerprint density at radius 1 is 1.05 bits per heavy atom. The highest BCUT2D eigenvalue weighted by molar-refractivity contribution is 5.79. The number of likely N-dealkylation sites (tertiary alicyclic amines) is 1. The van der Waals surface area contributed by atoms with Gasteiger partial charge in [0.15, 0.2) is 0 Å². The molecule has 2 fully saturated rings. The van der Waals surface area contributed by atoms with Crippen LogP contribution in [0.1, 0.15) is 26.7 Å². The molecule has 2 saturated heterocycles. The van der Waals surface area contributed by atoms with E-state index in [0.29, 0.717) is 6.04 Å². The molecule has 2 heterocycles. The van der Waals surface area contributed by atoms with Gasteiger partial charge in [-0.1, -0.05) is 0 Å². The molecule has 0 radical (unpaired) electrons. The summed E-state index contributed by atoms with van der Waals surface area (Å²) in [6, 6.07) is 0.513. The van der Waals surface area contributed by atoms with Crippen molar-refractivity contribution in [2.75, 3.05) is 46.3 Å². The summed E-state index contributed by atoms with van der Waals surface area (Å²) < 4.78 is 0. The maximum absolute atomic E-state index is 11.9. The van der Waals surface area contributed by atoms with Gasteiger partial charge in [-0.2, -0.15) is 0 Å². The predicted molar refractivity (Wildman–Crippen MR) is 75.4 cm³/mol. The highest BCUT2D eigenvalue weighted by atomic mass is 16.4. The molecule has 2 aliphatic heterocycles. The van der Waals surface area contributed by atoms with Crippen molar-refractivity contribution in [2.45, 2.75) is 38.3 Å². The lowest BCUT2D eigenvalue weighted by atomic mass is 9.84. The second-order valence-electron chi connectivity index (χ2n) is 6.26. The zero-order valence-corrected chi connectivity index (χ0v) is 12.4. The number of carboxylic acids is 1. The van der Waals surface area contributed by atoms with Gasteiger partial charge in [0.2, 0.25) is 0 Å². The summed E-state index contributed by atoms with van der Waals surface area (Å²) in [5.41, 5.74) is -0.618. The van der Waals surface area contributed by atoms with Crippen molar-refractivity contribution in [1.29, 1.82) is 0 Å². The van der Waals surface area contributed by atoms with E-state index in [1.165, 1.54) is 0 Å². The molecule has 0 aromatic carbocycles. The van der Waals surface area contributed by atoms with Crippen LogP contribution < -0.4 is 0 Å². The predicted octanol–water partition coefficient (Wildman–Crippen LogP) is 0.561. The molecule has 0 atom stereocenters. The van der Waals surface area contributed by atoms with E-state index in [4.69, 9.17) is 0 Å². The fourth-order valence-corrected chi connectivity index (χ4v) is 3.31. The molecule has 0 saturated carbocycles. The minimum atomic E-state index is -0.625. The largest absolute Gasteiger partial charge is 0.480 e. The first-order valence-electron chi connectivity index (χ1n) is 7.37. The minimum absolute atomic E-state index is 0.513. The van der Waals surface area contributed by atoms with Crippen LogP contribution in [0.15, 0.2) is 0 Å². The van der Waals surface area contributed by atoms with Crippen LogP contribution >= 0.6 is 0 Å². The van der Waals surface area contributed by atoms with Crippen LogP contribution in [0, 0.1) is 0 Å². The van der Waals surface area contributed by atoms with Gasteiger partial charge in [0.1, 0.15) is 5.54 Å². The fraction of sp³-hybridized carbons (Fsp3) is 0.929. The van der Waals surface area contributed by atoms with E-state index in [-0.39, 0.29) is 0 Å². The van der Waals surface area contributed by atoms with Gasteiger partial charge in [0.05, 0.1) is 0 Å². The van der Waals surface area contributed by atoms with Crippen LogP contribution in [-0.2, 0) is 4.79 Å². The summed E-state index contributed by atoms with van der Waals surface area (Å²) in [7, 11) is 2.10. The average Bonchev–Trinajstić information content (AvgIpc) is 2.39. The first kappa shape index (κ1) is 14.8. The van der Waals surface area contributed by atoms with E-state index in [1.54, 1.807) is 0 Å². The smallest absolute Gasteiger partial charge is 0.324 e. The zero-order valence-electron chi connectivity index (χ0n) is 12.4. The quantitative estimate of drug-likeness (QED) is 0.811. The third-order valence-corrected chi connectivity index (χ3v) is 4.86. The van der Waals surface area contributed by atoms with Gasteiger partial charge < -0.3 is 14.9 Å². The molecule has 0 spiro atoms. The number of hydrogen-bond acceptors (Lipinski definition) is 4. The Balaban J connectivity index is 2.06. The first-order chi connectivity index (χ1) is 8.95. The van der Waals surface area contributed by atoms with Crippen molar-refractivity contribution >= 4 is 5.97 Å². The number of likely N-dealkylation sites (N-methyl/N-ethyl adjacent to an activating group) is 1. The Hall–Kier alpha value is -0.650. The molecule has 0 aromatic rings. The third-order valence-electron chi connectivity index (χ3n) is 4.86. The Morgan fingerprint density at radius 3 is 2.00 bits per heavy atom. The van der Waals surface area contributed by atoms with E-state index < -0.39 is 11.5 Å². The number of nitrogens with zero attached hydrogens (tertiary/aromatic N) is 3. The van der Waals surface area contributed by atoms with E-state index in [1.807, 2.05) is 0 Å². The van der Waals surface area contributed by atoms with Gasteiger partial charge in [0.25, 0.3) is 0 Å². The topological polar surface area (TPSA) is 47.0 Å². The molecule has 0 aliphatic carbocycles. The molecule has 0 amide bonds. The molecule has 2 rings (SSSR count). The van der Waals surface area contributed by atoms with E-state index in [9.17, 15) is 9.90 Å². The Labute approximate surface area is 116 Å². The van der Waals surface area contributed by atoms with Crippen molar-refractivity contribution in [3.63, 3.8) is 0 Å². The van der Waals surface area contributed by atoms with Gasteiger partial charge in [-0.15, -0.1) is 0 Å². The van der Waals surface area contributed by atoms with Crippen LogP contribution in [-0.4, -0.2) is 83.7 Å². The monoisotopic (exact) mass is 269 g/mol. The molecule has 0 bridgehead atoms. The second kappa shape index (κ2) is 5.77. The minimum Gasteiger partial charge on any atom is -0.480 e. The molecule has 110 valence electrons. The van der Waals surface area contributed by atoms with E-state index >= 15 is 0 Å². The molecule has 0 unspecified atom stereocenters. The van der Waals surface area contributed by atoms with Gasteiger partial charge in [-0.3, -0.25) is 9.69 Å². The molecule has 2 aliphatic rings. The molecule has 19 heavy (non-hydrogen) atoms. The highest BCUT2D eigenvalue weighted by Crippen LogP contribution is 2.31. The number of carbonyl (C=O) groups is 1.